The number of carbonyl (C=O) groups is 1. The van der Waals surface area contributed by atoms with Gasteiger partial charge < -0.3 is 15.5 Å². The molecule has 0 saturated carbocycles. The summed E-state index contributed by atoms with van der Waals surface area (Å²) in [4.78, 5) is 14.0. The number of hydrogen-bond donors (Lipinski definition) is 2. The molecule has 3 rings (SSSR count). The summed E-state index contributed by atoms with van der Waals surface area (Å²) < 4.78 is 78.6. The molecule has 2 amide bonds. The van der Waals surface area contributed by atoms with Crippen LogP contribution in [0.4, 0.5) is 48.2 Å². The van der Waals surface area contributed by atoms with Crippen LogP contribution >= 0.6 is 11.6 Å². The minimum Gasteiger partial charge on any atom is -0.371 e. The van der Waals surface area contributed by atoms with Gasteiger partial charge in [-0.3, -0.25) is 0 Å². The highest BCUT2D eigenvalue weighted by Crippen LogP contribution is 2.37. The molecule has 0 aliphatic carbocycles. The van der Waals surface area contributed by atoms with Gasteiger partial charge >= 0.3 is 18.4 Å². The van der Waals surface area contributed by atoms with E-state index in [4.69, 9.17) is 11.6 Å². The van der Waals surface area contributed by atoms with Crippen LogP contribution in [0.15, 0.2) is 36.4 Å². The standard InChI is InChI=1S/C19H16ClF6N3O/c20-16-4-3-12(10-15(16)19(24,25)26)27-17(30)28-13-7-11(18(21,22)23)8-14(9-13)29-5-1-2-6-29/h3-4,7-10H,1-2,5-6H2,(H2,27,28,30). The summed E-state index contributed by atoms with van der Waals surface area (Å²) in [6.07, 6.45) is -7.66. The van der Waals surface area contributed by atoms with E-state index in [9.17, 15) is 31.1 Å². The van der Waals surface area contributed by atoms with Crippen molar-refractivity contribution in [3.8, 4) is 0 Å². The minimum absolute atomic E-state index is 0.130. The average molecular weight is 452 g/mol. The highest BCUT2D eigenvalue weighted by atomic mass is 35.5. The van der Waals surface area contributed by atoms with Gasteiger partial charge in [0.15, 0.2) is 0 Å². The van der Waals surface area contributed by atoms with Crippen molar-refractivity contribution in [3.05, 3.63) is 52.5 Å². The van der Waals surface area contributed by atoms with Crippen LogP contribution < -0.4 is 15.5 Å². The summed E-state index contributed by atoms with van der Waals surface area (Å²) in [6, 6.07) is 4.93. The van der Waals surface area contributed by atoms with E-state index in [-0.39, 0.29) is 11.4 Å². The molecule has 1 aliphatic heterocycles. The van der Waals surface area contributed by atoms with Gasteiger partial charge in [-0.05, 0) is 49.2 Å². The van der Waals surface area contributed by atoms with Crippen LogP contribution in [0.2, 0.25) is 5.02 Å². The lowest BCUT2D eigenvalue weighted by atomic mass is 10.1. The number of benzene rings is 2. The Kier molecular flexibility index (Phi) is 6.07. The second kappa shape index (κ2) is 8.25. The molecule has 0 bridgehead atoms. The summed E-state index contributed by atoms with van der Waals surface area (Å²) in [7, 11) is 0. The molecule has 1 aliphatic rings. The molecular weight excluding hydrogens is 436 g/mol. The van der Waals surface area contributed by atoms with E-state index in [0.29, 0.717) is 24.8 Å². The van der Waals surface area contributed by atoms with Crippen molar-refractivity contribution in [1.29, 1.82) is 0 Å². The fraction of sp³-hybridized carbons (Fsp3) is 0.316. The Morgan fingerprint density at radius 3 is 2.10 bits per heavy atom. The Bertz CT molecular complexity index is 939. The fourth-order valence-corrected chi connectivity index (χ4v) is 3.34. The first kappa shape index (κ1) is 22.1. The lowest BCUT2D eigenvalue weighted by Gasteiger charge is -2.21. The van der Waals surface area contributed by atoms with Gasteiger partial charge in [-0.2, -0.15) is 26.3 Å². The predicted octanol–water partition coefficient (Wildman–Crippen LogP) is 6.62. The first-order valence-corrected chi connectivity index (χ1v) is 9.23. The van der Waals surface area contributed by atoms with Crippen molar-refractivity contribution in [2.45, 2.75) is 25.2 Å². The number of nitrogens with zero attached hydrogens (tertiary/aromatic N) is 1. The molecule has 0 spiro atoms. The third-order valence-corrected chi connectivity index (χ3v) is 4.83. The maximum atomic E-state index is 13.2. The number of urea groups is 1. The summed E-state index contributed by atoms with van der Waals surface area (Å²) in [6.45, 7) is 1.19. The van der Waals surface area contributed by atoms with Gasteiger partial charge in [0, 0.05) is 30.2 Å². The fourth-order valence-electron chi connectivity index (χ4n) is 3.12. The van der Waals surface area contributed by atoms with Crippen LogP contribution in [-0.2, 0) is 12.4 Å². The van der Waals surface area contributed by atoms with E-state index < -0.39 is 34.5 Å². The van der Waals surface area contributed by atoms with E-state index >= 15 is 0 Å². The summed E-state index contributed by atoms with van der Waals surface area (Å²) >= 11 is 5.53. The molecule has 2 N–H and O–H groups in total. The Hall–Kier alpha value is -2.62. The molecule has 1 saturated heterocycles. The van der Waals surface area contributed by atoms with Crippen LogP contribution in [0.25, 0.3) is 0 Å². The molecule has 0 aromatic heterocycles. The van der Waals surface area contributed by atoms with Crippen molar-refractivity contribution in [2.24, 2.45) is 0 Å². The molecule has 2 aromatic rings. The van der Waals surface area contributed by atoms with Gasteiger partial charge in [-0.15, -0.1) is 0 Å². The quantitative estimate of drug-likeness (QED) is 0.515. The number of anilines is 3. The van der Waals surface area contributed by atoms with Crippen molar-refractivity contribution >= 4 is 34.7 Å². The normalized spacial score (nSPS) is 14.7. The van der Waals surface area contributed by atoms with E-state index in [0.717, 1.165) is 37.1 Å². The molecule has 2 aromatic carbocycles. The van der Waals surface area contributed by atoms with Gasteiger partial charge in [0.25, 0.3) is 0 Å². The van der Waals surface area contributed by atoms with Crippen molar-refractivity contribution in [1.82, 2.24) is 0 Å². The first-order valence-electron chi connectivity index (χ1n) is 8.85. The third kappa shape index (κ3) is 5.29. The van der Waals surface area contributed by atoms with Crippen molar-refractivity contribution in [3.63, 3.8) is 0 Å². The molecule has 11 heteroatoms. The molecular formula is C19H16ClF6N3O. The van der Waals surface area contributed by atoms with Crippen molar-refractivity contribution < 1.29 is 31.1 Å². The topological polar surface area (TPSA) is 44.4 Å². The Morgan fingerprint density at radius 1 is 0.867 bits per heavy atom. The molecule has 4 nitrogen and oxygen atoms in total. The van der Waals surface area contributed by atoms with E-state index in [1.165, 1.54) is 6.07 Å². The summed E-state index contributed by atoms with van der Waals surface area (Å²) in [5, 5.41) is 3.88. The SMILES string of the molecule is O=C(Nc1cc(N2CCCC2)cc(C(F)(F)F)c1)Nc1ccc(Cl)c(C(F)(F)F)c1. The third-order valence-electron chi connectivity index (χ3n) is 4.50. The second-order valence-corrected chi connectivity index (χ2v) is 7.14. The maximum absolute atomic E-state index is 13.2. The Labute approximate surface area is 172 Å². The molecule has 1 heterocycles. The van der Waals surface area contributed by atoms with E-state index in [1.807, 2.05) is 0 Å². The highest BCUT2D eigenvalue weighted by Gasteiger charge is 2.34. The Balaban J connectivity index is 1.82. The zero-order valence-electron chi connectivity index (χ0n) is 15.3. The van der Waals surface area contributed by atoms with E-state index in [2.05, 4.69) is 10.6 Å². The molecule has 30 heavy (non-hydrogen) atoms. The summed E-state index contributed by atoms with van der Waals surface area (Å²) in [5.74, 6) is 0. The molecule has 0 radical (unpaired) electrons. The predicted molar refractivity (Wildman–Crippen MR) is 102 cm³/mol. The number of amides is 2. The first-order chi connectivity index (χ1) is 13.9. The maximum Gasteiger partial charge on any atom is 0.417 e. The van der Waals surface area contributed by atoms with Gasteiger partial charge in [-0.25, -0.2) is 4.79 Å². The second-order valence-electron chi connectivity index (χ2n) is 6.73. The highest BCUT2D eigenvalue weighted by molar-refractivity contribution is 6.31. The van der Waals surface area contributed by atoms with Crippen LogP contribution in [0, 0.1) is 0 Å². The van der Waals surface area contributed by atoms with E-state index in [1.54, 1.807) is 4.90 Å². The minimum atomic E-state index is -4.73. The average Bonchev–Trinajstić information content (AvgIpc) is 3.16. The smallest absolute Gasteiger partial charge is 0.371 e. The van der Waals surface area contributed by atoms with Gasteiger partial charge in [-0.1, -0.05) is 11.6 Å². The van der Waals surface area contributed by atoms with Gasteiger partial charge in [0.1, 0.15) is 0 Å². The number of carbonyl (C=O) groups excluding carboxylic acids is 1. The number of nitrogens with one attached hydrogen (secondary N) is 2. The molecule has 162 valence electrons. The molecule has 0 unspecified atom stereocenters. The number of alkyl halides is 6. The van der Waals surface area contributed by atoms with Gasteiger partial charge in [0.05, 0.1) is 16.1 Å². The zero-order chi connectivity index (χ0) is 22.1. The lowest BCUT2D eigenvalue weighted by molar-refractivity contribution is -0.138. The van der Waals surface area contributed by atoms with Crippen LogP contribution in [0.3, 0.4) is 0 Å². The monoisotopic (exact) mass is 451 g/mol. The van der Waals surface area contributed by atoms with Crippen LogP contribution in [0.1, 0.15) is 24.0 Å². The largest absolute Gasteiger partial charge is 0.417 e. The summed E-state index contributed by atoms with van der Waals surface area (Å²) in [5.41, 5.74) is -2.11. The molecule has 1 fully saturated rings. The lowest BCUT2D eigenvalue weighted by Crippen LogP contribution is -2.22. The molecule has 0 atom stereocenters. The van der Waals surface area contributed by atoms with Crippen LogP contribution in [0.5, 0.6) is 0 Å². The number of halogens is 7. The number of rotatable bonds is 3. The van der Waals surface area contributed by atoms with Gasteiger partial charge in [0.2, 0.25) is 0 Å². The zero-order valence-corrected chi connectivity index (χ0v) is 16.0. The van der Waals surface area contributed by atoms with Crippen molar-refractivity contribution in [2.75, 3.05) is 28.6 Å². The van der Waals surface area contributed by atoms with Crippen LogP contribution in [-0.4, -0.2) is 19.1 Å². The Morgan fingerprint density at radius 2 is 1.50 bits per heavy atom. The number of hydrogen-bond acceptors (Lipinski definition) is 2.